The number of furan rings is 1. The van der Waals surface area contributed by atoms with Crippen LogP contribution in [0.15, 0.2) is 45.9 Å². The van der Waals surface area contributed by atoms with E-state index in [4.69, 9.17) is 9.15 Å². The Bertz CT molecular complexity index is 816. The molecule has 136 valence electrons. The smallest absolute Gasteiger partial charge is 0.241 e. The summed E-state index contributed by atoms with van der Waals surface area (Å²) in [5.41, 5.74) is 0.708. The standard InChI is InChI=1S/C17H22N2O5S/c1-4-23-16-8-7-15(10-12(16)2)25(21,22)19-13(3)17(20)18-11-14-6-5-9-24-14/h5-10,13,19H,4,11H2,1-3H3,(H,18,20)/t13-/m0/s1. The van der Waals surface area contributed by atoms with Crippen LogP contribution in [0.1, 0.15) is 25.2 Å². The molecule has 0 spiro atoms. The van der Waals surface area contributed by atoms with E-state index in [0.29, 0.717) is 23.7 Å². The fourth-order valence-electron chi connectivity index (χ4n) is 2.20. The van der Waals surface area contributed by atoms with Crippen molar-refractivity contribution in [2.24, 2.45) is 0 Å². The minimum absolute atomic E-state index is 0.0825. The summed E-state index contributed by atoms with van der Waals surface area (Å²) in [6, 6.07) is 7.08. The second kappa shape index (κ2) is 8.17. The number of amides is 1. The highest BCUT2D eigenvalue weighted by Gasteiger charge is 2.22. The van der Waals surface area contributed by atoms with Crippen LogP contribution in [0, 0.1) is 6.92 Å². The molecule has 0 saturated heterocycles. The van der Waals surface area contributed by atoms with Crippen molar-refractivity contribution in [3.05, 3.63) is 47.9 Å². The van der Waals surface area contributed by atoms with Crippen molar-refractivity contribution >= 4 is 15.9 Å². The molecule has 7 nitrogen and oxygen atoms in total. The molecule has 0 saturated carbocycles. The van der Waals surface area contributed by atoms with E-state index in [1.54, 1.807) is 25.1 Å². The first-order valence-electron chi connectivity index (χ1n) is 7.89. The van der Waals surface area contributed by atoms with Gasteiger partial charge in [-0.15, -0.1) is 0 Å². The zero-order valence-electron chi connectivity index (χ0n) is 14.4. The summed E-state index contributed by atoms with van der Waals surface area (Å²) in [6.45, 7) is 5.80. The van der Waals surface area contributed by atoms with Gasteiger partial charge >= 0.3 is 0 Å². The summed E-state index contributed by atoms with van der Waals surface area (Å²) in [5.74, 6) is 0.777. The van der Waals surface area contributed by atoms with Crippen LogP contribution in [-0.4, -0.2) is 27.0 Å². The number of benzene rings is 1. The van der Waals surface area contributed by atoms with Crippen LogP contribution in [0.3, 0.4) is 0 Å². The van der Waals surface area contributed by atoms with Gasteiger partial charge in [-0.25, -0.2) is 8.42 Å². The molecule has 2 N–H and O–H groups in total. The third kappa shape index (κ3) is 5.07. The molecule has 1 heterocycles. The molecule has 0 unspecified atom stereocenters. The molecule has 1 aromatic carbocycles. The summed E-state index contributed by atoms with van der Waals surface area (Å²) in [4.78, 5) is 12.1. The Morgan fingerprint density at radius 1 is 1.32 bits per heavy atom. The van der Waals surface area contributed by atoms with Crippen molar-refractivity contribution in [2.75, 3.05) is 6.61 Å². The van der Waals surface area contributed by atoms with E-state index >= 15 is 0 Å². The normalized spacial score (nSPS) is 12.6. The van der Waals surface area contributed by atoms with Crippen molar-refractivity contribution in [1.29, 1.82) is 0 Å². The van der Waals surface area contributed by atoms with Crippen LogP contribution in [0.2, 0.25) is 0 Å². The monoisotopic (exact) mass is 366 g/mol. The van der Waals surface area contributed by atoms with Gasteiger partial charge < -0.3 is 14.5 Å². The molecule has 8 heteroatoms. The molecule has 2 aromatic rings. The Balaban J connectivity index is 2.01. The number of carbonyl (C=O) groups excluding carboxylic acids is 1. The third-order valence-corrected chi connectivity index (χ3v) is 5.04. The van der Waals surface area contributed by atoms with Crippen LogP contribution in [0.4, 0.5) is 0 Å². The second-order valence-corrected chi connectivity index (χ2v) is 7.21. The second-order valence-electron chi connectivity index (χ2n) is 5.50. The van der Waals surface area contributed by atoms with Crippen LogP contribution in [0.25, 0.3) is 0 Å². The van der Waals surface area contributed by atoms with E-state index in [9.17, 15) is 13.2 Å². The summed E-state index contributed by atoms with van der Waals surface area (Å²) >= 11 is 0. The molecular weight excluding hydrogens is 344 g/mol. The molecule has 0 aliphatic heterocycles. The lowest BCUT2D eigenvalue weighted by Gasteiger charge is -2.15. The highest BCUT2D eigenvalue weighted by molar-refractivity contribution is 7.89. The molecule has 0 fully saturated rings. The van der Waals surface area contributed by atoms with Gasteiger partial charge in [0.1, 0.15) is 11.5 Å². The number of carbonyl (C=O) groups is 1. The average Bonchev–Trinajstić information content (AvgIpc) is 3.07. The van der Waals surface area contributed by atoms with Gasteiger partial charge in [0.05, 0.1) is 30.4 Å². The molecule has 2 rings (SSSR count). The van der Waals surface area contributed by atoms with Crippen molar-refractivity contribution in [1.82, 2.24) is 10.0 Å². The van der Waals surface area contributed by atoms with Gasteiger partial charge in [-0.05, 0) is 56.7 Å². The number of nitrogens with one attached hydrogen (secondary N) is 2. The Labute approximate surface area is 147 Å². The van der Waals surface area contributed by atoms with E-state index in [-0.39, 0.29) is 11.4 Å². The molecule has 0 bridgehead atoms. The lowest BCUT2D eigenvalue weighted by atomic mass is 10.2. The van der Waals surface area contributed by atoms with Crippen LogP contribution in [0.5, 0.6) is 5.75 Å². The van der Waals surface area contributed by atoms with Gasteiger partial charge in [0.2, 0.25) is 15.9 Å². The Hall–Kier alpha value is -2.32. The minimum atomic E-state index is -3.82. The fraction of sp³-hybridized carbons (Fsp3) is 0.353. The van der Waals surface area contributed by atoms with Gasteiger partial charge in [0.15, 0.2) is 0 Å². The number of ether oxygens (including phenoxy) is 1. The highest BCUT2D eigenvalue weighted by atomic mass is 32.2. The molecule has 1 atom stereocenters. The molecule has 0 aliphatic rings. The minimum Gasteiger partial charge on any atom is -0.494 e. The summed E-state index contributed by atoms with van der Waals surface area (Å²) < 4.78 is 37.8. The predicted octanol–water partition coefficient (Wildman–Crippen LogP) is 1.97. The van der Waals surface area contributed by atoms with E-state index in [1.165, 1.54) is 25.3 Å². The van der Waals surface area contributed by atoms with Gasteiger partial charge in [-0.3, -0.25) is 4.79 Å². The van der Waals surface area contributed by atoms with E-state index in [1.807, 2.05) is 6.92 Å². The fourth-order valence-corrected chi connectivity index (χ4v) is 3.49. The maximum absolute atomic E-state index is 12.5. The predicted molar refractivity (Wildman–Crippen MR) is 92.7 cm³/mol. The Morgan fingerprint density at radius 2 is 2.08 bits per heavy atom. The molecule has 0 aliphatic carbocycles. The van der Waals surface area contributed by atoms with Gasteiger partial charge in [-0.2, -0.15) is 4.72 Å². The molecule has 0 radical (unpaired) electrons. The van der Waals surface area contributed by atoms with Gasteiger partial charge in [0.25, 0.3) is 0 Å². The first-order chi connectivity index (χ1) is 11.8. The van der Waals surface area contributed by atoms with Crippen molar-refractivity contribution in [3.8, 4) is 5.75 Å². The third-order valence-electron chi connectivity index (χ3n) is 3.50. The lowest BCUT2D eigenvalue weighted by molar-refractivity contribution is -0.122. The number of aryl methyl sites for hydroxylation is 1. The zero-order valence-corrected chi connectivity index (χ0v) is 15.2. The van der Waals surface area contributed by atoms with E-state index < -0.39 is 22.0 Å². The number of rotatable bonds is 8. The number of hydrogen-bond acceptors (Lipinski definition) is 5. The zero-order chi connectivity index (χ0) is 18.4. The van der Waals surface area contributed by atoms with Crippen molar-refractivity contribution in [2.45, 2.75) is 38.3 Å². The number of hydrogen-bond donors (Lipinski definition) is 2. The largest absolute Gasteiger partial charge is 0.494 e. The van der Waals surface area contributed by atoms with E-state index in [0.717, 1.165) is 0 Å². The maximum Gasteiger partial charge on any atom is 0.241 e. The summed E-state index contributed by atoms with van der Waals surface area (Å²) in [5, 5.41) is 2.62. The van der Waals surface area contributed by atoms with Gasteiger partial charge in [-0.1, -0.05) is 0 Å². The SMILES string of the molecule is CCOc1ccc(S(=O)(=O)N[C@@H](C)C(=O)NCc2ccco2)cc1C. The lowest BCUT2D eigenvalue weighted by Crippen LogP contribution is -2.44. The molecule has 1 aromatic heterocycles. The molecule has 1 amide bonds. The Kier molecular flexibility index (Phi) is 6.22. The highest BCUT2D eigenvalue weighted by Crippen LogP contribution is 2.21. The quantitative estimate of drug-likeness (QED) is 0.744. The van der Waals surface area contributed by atoms with Crippen molar-refractivity contribution < 1.29 is 22.4 Å². The van der Waals surface area contributed by atoms with Crippen LogP contribution in [-0.2, 0) is 21.4 Å². The molecular formula is C17H22N2O5S. The summed E-state index contributed by atoms with van der Waals surface area (Å²) in [6.07, 6.45) is 1.50. The van der Waals surface area contributed by atoms with Gasteiger partial charge in [0, 0.05) is 0 Å². The average molecular weight is 366 g/mol. The first kappa shape index (κ1) is 19.0. The van der Waals surface area contributed by atoms with Crippen LogP contribution >= 0.6 is 0 Å². The van der Waals surface area contributed by atoms with Crippen LogP contribution < -0.4 is 14.8 Å². The molecule has 25 heavy (non-hydrogen) atoms. The first-order valence-corrected chi connectivity index (χ1v) is 9.37. The Morgan fingerprint density at radius 3 is 2.68 bits per heavy atom. The topological polar surface area (TPSA) is 97.6 Å². The van der Waals surface area contributed by atoms with Crippen molar-refractivity contribution in [3.63, 3.8) is 0 Å². The maximum atomic E-state index is 12.5. The number of sulfonamides is 1. The summed E-state index contributed by atoms with van der Waals surface area (Å²) in [7, 11) is -3.82. The van der Waals surface area contributed by atoms with E-state index in [2.05, 4.69) is 10.0 Å².